The first kappa shape index (κ1) is 13.0. The number of carbonyl (C=O) groups excluding carboxylic acids is 1. The van der Waals surface area contributed by atoms with E-state index in [0.29, 0.717) is 5.56 Å². The van der Waals surface area contributed by atoms with Gasteiger partial charge in [0.2, 0.25) is 0 Å². The van der Waals surface area contributed by atoms with Gasteiger partial charge in [-0.05, 0) is 48.6 Å². The first-order valence-electron chi connectivity index (χ1n) is 6.50. The maximum atomic E-state index is 12.0. The molecule has 0 unspecified atom stereocenters. The third-order valence-electron chi connectivity index (χ3n) is 3.15. The number of rotatable bonds is 3. The van der Waals surface area contributed by atoms with Gasteiger partial charge >= 0.3 is 0 Å². The quantitative estimate of drug-likeness (QED) is 0.881. The molecule has 1 aromatic heterocycles. The van der Waals surface area contributed by atoms with Gasteiger partial charge in [-0.1, -0.05) is 0 Å². The molecule has 1 amide bonds. The predicted molar refractivity (Wildman–Crippen MR) is 82.6 cm³/mol. The summed E-state index contributed by atoms with van der Waals surface area (Å²) in [4.78, 5) is 12.0. The van der Waals surface area contributed by atoms with Crippen molar-refractivity contribution >= 4 is 23.4 Å². The van der Waals surface area contributed by atoms with Crippen molar-refractivity contribution in [3.8, 4) is 5.69 Å². The minimum absolute atomic E-state index is 0.159. The Balaban J connectivity index is 1.68. The molecule has 1 fully saturated rings. The highest BCUT2D eigenvalue weighted by atomic mass is 32.2. The molecule has 0 aliphatic carbocycles. The van der Waals surface area contributed by atoms with E-state index in [1.54, 1.807) is 0 Å². The van der Waals surface area contributed by atoms with E-state index in [1.807, 2.05) is 65.1 Å². The fraction of sp³-hybridized carbons (Fsp3) is 0.200. The van der Waals surface area contributed by atoms with Crippen LogP contribution < -0.4 is 5.43 Å². The van der Waals surface area contributed by atoms with E-state index in [1.165, 1.54) is 0 Å². The van der Waals surface area contributed by atoms with Crippen molar-refractivity contribution in [3.63, 3.8) is 0 Å². The zero-order valence-corrected chi connectivity index (χ0v) is 11.8. The summed E-state index contributed by atoms with van der Waals surface area (Å²) in [7, 11) is 0. The third kappa shape index (κ3) is 2.93. The Morgan fingerprint density at radius 1 is 1.20 bits per heavy atom. The molecule has 102 valence electrons. The molecule has 0 atom stereocenters. The molecule has 5 heteroatoms. The van der Waals surface area contributed by atoms with Crippen LogP contribution in [0.5, 0.6) is 0 Å². The Kier molecular flexibility index (Phi) is 3.87. The number of nitrogens with one attached hydrogen (secondary N) is 1. The van der Waals surface area contributed by atoms with Gasteiger partial charge < -0.3 is 4.57 Å². The predicted octanol–water partition coefficient (Wildman–Crippen LogP) is 2.70. The smallest absolute Gasteiger partial charge is 0.271 e. The van der Waals surface area contributed by atoms with Crippen LogP contribution in [0.4, 0.5) is 0 Å². The van der Waals surface area contributed by atoms with E-state index in [2.05, 4.69) is 10.5 Å². The van der Waals surface area contributed by atoms with Crippen molar-refractivity contribution in [2.24, 2.45) is 5.10 Å². The molecule has 0 bridgehead atoms. The van der Waals surface area contributed by atoms with Crippen LogP contribution in [0.1, 0.15) is 16.8 Å². The zero-order chi connectivity index (χ0) is 13.8. The summed E-state index contributed by atoms with van der Waals surface area (Å²) in [6.45, 7) is 0. The summed E-state index contributed by atoms with van der Waals surface area (Å²) in [5.41, 5.74) is 5.34. The number of thioether (sulfide) groups is 1. The highest BCUT2D eigenvalue weighted by Gasteiger charge is 2.10. The first-order chi connectivity index (χ1) is 9.83. The molecule has 1 aliphatic heterocycles. The fourth-order valence-corrected chi connectivity index (χ4v) is 3.00. The number of nitrogens with zero attached hydrogens (tertiary/aromatic N) is 2. The molecule has 0 saturated carbocycles. The Morgan fingerprint density at radius 3 is 2.60 bits per heavy atom. The van der Waals surface area contributed by atoms with Crippen LogP contribution >= 0.6 is 11.8 Å². The molecule has 0 radical (unpaired) electrons. The molecule has 3 rings (SSSR count). The summed E-state index contributed by atoms with van der Waals surface area (Å²) in [5, 5.41) is 4.16. The lowest BCUT2D eigenvalue weighted by Crippen LogP contribution is -2.19. The molecule has 20 heavy (non-hydrogen) atoms. The molecule has 1 aliphatic rings. The number of aromatic nitrogens is 1. The third-order valence-corrected chi connectivity index (χ3v) is 4.18. The number of hydrogen-bond donors (Lipinski definition) is 1. The van der Waals surface area contributed by atoms with Crippen molar-refractivity contribution in [1.82, 2.24) is 9.99 Å². The minimum atomic E-state index is -0.159. The van der Waals surface area contributed by atoms with Gasteiger partial charge in [-0.3, -0.25) is 4.79 Å². The van der Waals surface area contributed by atoms with Crippen LogP contribution in [0.3, 0.4) is 0 Å². The number of carbonyl (C=O) groups is 1. The van der Waals surface area contributed by atoms with Gasteiger partial charge in [0.25, 0.3) is 5.91 Å². The second kappa shape index (κ2) is 5.96. The highest BCUT2D eigenvalue weighted by molar-refractivity contribution is 8.00. The topological polar surface area (TPSA) is 46.4 Å². The Hall–Kier alpha value is -2.01. The van der Waals surface area contributed by atoms with E-state index < -0.39 is 0 Å². The molecule has 1 aromatic carbocycles. The van der Waals surface area contributed by atoms with Crippen molar-refractivity contribution < 1.29 is 4.79 Å². The highest BCUT2D eigenvalue weighted by Crippen LogP contribution is 2.14. The SMILES string of the molecule is O=C(NN=C1CCSC1)c1ccc(-n2cccc2)cc1. The summed E-state index contributed by atoms with van der Waals surface area (Å²) in [5.74, 6) is 1.86. The van der Waals surface area contributed by atoms with Crippen molar-refractivity contribution in [1.29, 1.82) is 0 Å². The van der Waals surface area contributed by atoms with E-state index in [4.69, 9.17) is 0 Å². The lowest BCUT2D eigenvalue weighted by atomic mass is 10.2. The van der Waals surface area contributed by atoms with Crippen LogP contribution in [0.15, 0.2) is 53.9 Å². The molecule has 1 N–H and O–H groups in total. The molecule has 1 saturated heterocycles. The second-order valence-electron chi connectivity index (χ2n) is 4.56. The van der Waals surface area contributed by atoms with Gasteiger partial charge in [0.1, 0.15) is 0 Å². The van der Waals surface area contributed by atoms with Crippen LogP contribution in [0.25, 0.3) is 5.69 Å². The van der Waals surface area contributed by atoms with E-state index >= 15 is 0 Å². The normalized spacial score (nSPS) is 16.5. The lowest BCUT2D eigenvalue weighted by molar-refractivity contribution is 0.0955. The van der Waals surface area contributed by atoms with Gasteiger partial charge in [-0.2, -0.15) is 16.9 Å². The second-order valence-corrected chi connectivity index (χ2v) is 5.66. The standard InChI is InChI=1S/C15H15N3OS/c19-15(17-16-13-7-10-20-11-13)12-3-5-14(6-4-12)18-8-1-2-9-18/h1-6,8-9H,7,10-11H2,(H,17,19). The number of hydrazone groups is 1. The largest absolute Gasteiger partial charge is 0.324 e. The Morgan fingerprint density at radius 2 is 1.95 bits per heavy atom. The Labute approximate surface area is 121 Å². The minimum Gasteiger partial charge on any atom is -0.324 e. The van der Waals surface area contributed by atoms with Gasteiger partial charge in [0.05, 0.1) is 0 Å². The van der Waals surface area contributed by atoms with Crippen molar-refractivity contribution in [2.45, 2.75) is 6.42 Å². The van der Waals surface area contributed by atoms with Crippen molar-refractivity contribution in [2.75, 3.05) is 11.5 Å². The zero-order valence-electron chi connectivity index (χ0n) is 11.0. The molecule has 2 heterocycles. The number of hydrogen-bond acceptors (Lipinski definition) is 3. The Bertz CT molecular complexity index is 609. The van der Waals surface area contributed by atoms with Crippen LogP contribution in [-0.2, 0) is 0 Å². The first-order valence-corrected chi connectivity index (χ1v) is 7.65. The van der Waals surface area contributed by atoms with E-state index in [0.717, 1.165) is 29.3 Å². The maximum absolute atomic E-state index is 12.0. The number of benzene rings is 1. The molecular formula is C15H15N3OS. The van der Waals surface area contributed by atoms with Gasteiger partial charge in [-0.25, -0.2) is 5.43 Å². The van der Waals surface area contributed by atoms with Crippen LogP contribution in [-0.4, -0.2) is 27.7 Å². The summed E-state index contributed by atoms with van der Waals surface area (Å²) in [6, 6.07) is 11.4. The fourth-order valence-electron chi connectivity index (χ4n) is 2.03. The molecule has 2 aromatic rings. The van der Waals surface area contributed by atoms with Crippen LogP contribution in [0, 0.1) is 0 Å². The summed E-state index contributed by atoms with van der Waals surface area (Å²) >= 11 is 1.85. The summed E-state index contributed by atoms with van der Waals surface area (Å²) in [6.07, 6.45) is 4.91. The molecule has 4 nitrogen and oxygen atoms in total. The number of amides is 1. The average Bonchev–Trinajstić information content (AvgIpc) is 3.18. The van der Waals surface area contributed by atoms with E-state index in [9.17, 15) is 4.79 Å². The lowest BCUT2D eigenvalue weighted by Gasteiger charge is -2.05. The van der Waals surface area contributed by atoms with Crippen LogP contribution in [0.2, 0.25) is 0 Å². The van der Waals surface area contributed by atoms with Crippen molar-refractivity contribution in [3.05, 3.63) is 54.4 Å². The van der Waals surface area contributed by atoms with Gasteiger partial charge in [0, 0.05) is 35.1 Å². The molecule has 0 spiro atoms. The van der Waals surface area contributed by atoms with E-state index in [-0.39, 0.29) is 5.91 Å². The monoisotopic (exact) mass is 285 g/mol. The van der Waals surface area contributed by atoms with Gasteiger partial charge in [0.15, 0.2) is 0 Å². The summed E-state index contributed by atoms with van der Waals surface area (Å²) < 4.78 is 2.00. The average molecular weight is 285 g/mol. The maximum Gasteiger partial charge on any atom is 0.271 e. The van der Waals surface area contributed by atoms with Gasteiger partial charge in [-0.15, -0.1) is 0 Å². The molecular weight excluding hydrogens is 270 g/mol.